The summed E-state index contributed by atoms with van der Waals surface area (Å²) in [7, 11) is 0. The largest absolute Gasteiger partial charge is 0.459 e. The highest BCUT2D eigenvalue weighted by atomic mass is 19.3. The van der Waals surface area contributed by atoms with Crippen LogP contribution < -0.4 is 0 Å². The molecule has 3 nitrogen and oxygen atoms in total. The minimum Gasteiger partial charge on any atom is -0.459 e. The summed E-state index contributed by atoms with van der Waals surface area (Å²) in [6, 6.07) is 0. The summed E-state index contributed by atoms with van der Waals surface area (Å²) in [6.07, 6.45) is 1.76. The van der Waals surface area contributed by atoms with E-state index in [2.05, 4.69) is 13.8 Å². The number of hydrogen-bond donors (Lipinski definition) is 1. The number of alkyl halides is 2. The molecule has 0 saturated heterocycles. The smallest absolute Gasteiger partial charge is 0.309 e. The minimum atomic E-state index is -2.63. The predicted octanol–water partition coefficient (Wildman–Crippen LogP) is 3.25. The molecular formula is C17H26F2O3. The quantitative estimate of drug-likeness (QED) is 0.792. The van der Waals surface area contributed by atoms with E-state index in [1.165, 1.54) is 0 Å². The molecule has 6 unspecified atom stereocenters. The normalized spacial score (nSPS) is 43.1. The molecule has 0 aromatic heterocycles. The number of hydrogen-bond acceptors (Lipinski definition) is 3. The van der Waals surface area contributed by atoms with Crippen LogP contribution in [0.5, 0.6) is 0 Å². The van der Waals surface area contributed by atoms with Crippen molar-refractivity contribution in [2.24, 2.45) is 35.5 Å². The minimum absolute atomic E-state index is 0.115. The average Bonchev–Trinajstić information content (AvgIpc) is 2.41. The van der Waals surface area contributed by atoms with E-state index in [1.807, 2.05) is 0 Å². The maximum absolute atomic E-state index is 12.3. The molecule has 4 rings (SSSR count). The molecule has 126 valence electrons. The second kappa shape index (κ2) is 5.73. The molecule has 0 heterocycles. The Kier molecular flexibility index (Phi) is 4.21. The summed E-state index contributed by atoms with van der Waals surface area (Å²) in [5.41, 5.74) is -0.823. The van der Waals surface area contributed by atoms with Gasteiger partial charge in [0.05, 0.1) is 11.5 Å². The van der Waals surface area contributed by atoms with Crippen LogP contribution in [0.25, 0.3) is 0 Å². The molecule has 0 aromatic carbocycles. The number of esters is 1. The summed E-state index contributed by atoms with van der Waals surface area (Å²) >= 11 is 0. The number of carbonyl (C=O) groups is 1. The van der Waals surface area contributed by atoms with Crippen molar-refractivity contribution in [1.29, 1.82) is 0 Å². The fourth-order valence-electron chi connectivity index (χ4n) is 5.60. The first-order valence-corrected chi connectivity index (χ1v) is 8.48. The number of ether oxygens (including phenoxy) is 1. The molecule has 6 atom stereocenters. The molecule has 22 heavy (non-hydrogen) atoms. The standard InChI is InChI=1S/C17H26F2O3/c1-9(2)7-17(21)12-4-10-3-11(6-12)15(13(17)5-10)16(20)22-8-14(18)19/h9-15,21H,3-8H2,1-2H3. The van der Waals surface area contributed by atoms with E-state index in [9.17, 15) is 18.7 Å². The highest BCUT2D eigenvalue weighted by molar-refractivity contribution is 5.74. The highest BCUT2D eigenvalue weighted by Crippen LogP contribution is 2.62. The topological polar surface area (TPSA) is 46.5 Å². The summed E-state index contributed by atoms with van der Waals surface area (Å²) in [6.45, 7) is 3.32. The first kappa shape index (κ1) is 16.2. The van der Waals surface area contributed by atoms with Gasteiger partial charge in [-0.05, 0) is 55.8 Å². The van der Waals surface area contributed by atoms with Gasteiger partial charge in [-0.3, -0.25) is 4.79 Å². The number of rotatable bonds is 5. The zero-order chi connectivity index (χ0) is 16.1. The third-order valence-corrected chi connectivity index (χ3v) is 6.08. The lowest BCUT2D eigenvalue weighted by Crippen LogP contribution is -2.63. The van der Waals surface area contributed by atoms with Gasteiger partial charge in [0.2, 0.25) is 0 Å². The first-order valence-electron chi connectivity index (χ1n) is 8.48. The van der Waals surface area contributed by atoms with Crippen molar-refractivity contribution in [3.63, 3.8) is 0 Å². The van der Waals surface area contributed by atoms with Gasteiger partial charge in [0.15, 0.2) is 6.61 Å². The second-order valence-electron chi connectivity index (χ2n) is 8.01. The van der Waals surface area contributed by atoms with Crippen molar-refractivity contribution in [2.75, 3.05) is 6.61 Å². The van der Waals surface area contributed by atoms with Crippen LogP contribution in [-0.4, -0.2) is 29.7 Å². The molecule has 4 bridgehead atoms. The van der Waals surface area contributed by atoms with Gasteiger partial charge in [0.25, 0.3) is 6.43 Å². The van der Waals surface area contributed by atoms with Gasteiger partial charge in [-0.2, -0.15) is 0 Å². The molecule has 0 spiro atoms. The van der Waals surface area contributed by atoms with Crippen LogP contribution >= 0.6 is 0 Å². The van der Waals surface area contributed by atoms with E-state index in [-0.39, 0.29) is 17.8 Å². The van der Waals surface area contributed by atoms with Crippen LogP contribution in [0.3, 0.4) is 0 Å². The fraction of sp³-hybridized carbons (Fsp3) is 0.941. The predicted molar refractivity (Wildman–Crippen MR) is 77.3 cm³/mol. The van der Waals surface area contributed by atoms with Crippen molar-refractivity contribution in [3.05, 3.63) is 0 Å². The lowest BCUT2D eigenvalue weighted by molar-refractivity contribution is -0.218. The molecule has 0 radical (unpaired) electrons. The Labute approximate surface area is 130 Å². The molecule has 0 amide bonds. The summed E-state index contributed by atoms with van der Waals surface area (Å²) in [5, 5.41) is 11.3. The van der Waals surface area contributed by atoms with Crippen LogP contribution in [0, 0.1) is 35.5 Å². The van der Waals surface area contributed by atoms with Gasteiger partial charge in [0.1, 0.15) is 0 Å². The highest BCUT2D eigenvalue weighted by Gasteiger charge is 2.62. The van der Waals surface area contributed by atoms with Crippen LogP contribution in [0.1, 0.15) is 46.0 Å². The lowest BCUT2D eigenvalue weighted by atomic mass is 9.45. The summed E-state index contributed by atoms with van der Waals surface area (Å²) < 4.78 is 29.5. The van der Waals surface area contributed by atoms with E-state index in [0.717, 1.165) is 25.7 Å². The maximum atomic E-state index is 12.3. The van der Waals surface area contributed by atoms with Crippen molar-refractivity contribution in [2.45, 2.75) is 58.0 Å². The Morgan fingerprint density at radius 3 is 2.64 bits per heavy atom. The molecular weight excluding hydrogens is 290 g/mol. The van der Waals surface area contributed by atoms with Crippen LogP contribution in [-0.2, 0) is 9.53 Å². The third kappa shape index (κ3) is 2.66. The van der Waals surface area contributed by atoms with Crippen molar-refractivity contribution in [1.82, 2.24) is 0 Å². The Morgan fingerprint density at radius 2 is 2.00 bits per heavy atom. The van der Waals surface area contributed by atoms with Crippen LogP contribution in [0.4, 0.5) is 8.78 Å². The van der Waals surface area contributed by atoms with Gasteiger partial charge in [0, 0.05) is 5.92 Å². The fourth-order valence-corrected chi connectivity index (χ4v) is 5.60. The lowest BCUT2D eigenvalue weighted by Gasteiger charge is -2.62. The Hall–Kier alpha value is -0.710. The Morgan fingerprint density at radius 1 is 1.27 bits per heavy atom. The molecule has 4 aliphatic rings. The first-order chi connectivity index (χ1) is 10.3. The van der Waals surface area contributed by atoms with E-state index in [1.54, 1.807) is 0 Å². The van der Waals surface area contributed by atoms with Gasteiger partial charge in [-0.25, -0.2) is 8.78 Å². The van der Waals surface area contributed by atoms with Crippen molar-refractivity contribution in [3.8, 4) is 0 Å². The molecule has 4 aliphatic carbocycles. The molecule has 4 saturated carbocycles. The van der Waals surface area contributed by atoms with Gasteiger partial charge in [-0.15, -0.1) is 0 Å². The van der Waals surface area contributed by atoms with E-state index < -0.39 is 30.5 Å². The molecule has 1 N–H and O–H groups in total. The van der Waals surface area contributed by atoms with Crippen LogP contribution in [0.2, 0.25) is 0 Å². The Balaban J connectivity index is 1.80. The molecule has 0 aromatic rings. The van der Waals surface area contributed by atoms with Crippen LogP contribution in [0.15, 0.2) is 0 Å². The Bertz CT molecular complexity index is 440. The van der Waals surface area contributed by atoms with E-state index in [0.29, 0.717) is 18.3 Å². The number of halogens is 2. The van der Waals surface area contributed by atoms with Gasteiger partial charge >= 0.3 is 5.97 Å². The SMILES string of the molecule is CC(C)CC1(O)C2CC3CC(C2)C(C(=O)OCC(F)F)C1C3. The van der Waals surface area contributed by atoms with Gasteiger partial charge in [-0.1, -0.05) is 13.8 Å². The second-order valence-corrected chi connectivity index (χ2v) is 8.01. The van der Waals surface area contributed by atoms with Crippen molar-refractivity contribution < 1.29 is 23.4 Å². The summed E-state index contributed by atoms with van der Waals surface area (Å²) in [4.78, 5) is 12.3. The van der Waals surface area contributed by atoms with Gasteiger partial charge < -0.3 is 9.84 Å². The number of carbonyl (C=O) groups excluding carboxylic acids is 1. The average molecular weight is 316 g/mol. The molecule has 0 aliphatic heterocycles. The monoisotopic (exact) mass is 316 g/mol. The number of aliphatic hydroxyl groups is 1. The molecule has 5 heteroatoms. The zero-order valence-corrected chi connectivity index (χ0v) is 13.3. The van der Waals surface area contributed by atoms with E-state index >= 15 is 0 Å². The maximum Gasteiger partial charge on any atom is 0.309 e. The zero-order valence-electron chi connectivity index (χ0n) is 13.3. The van der Waals surface area contributed by atoms with Crippen molar-refractivity contribution >= 4 is 5.97 Å². The third-order valence-electron chi connectivity index (χ3n) is 6.08. The molecule has 4 fully saturated rings. The van der Waals surface area contributed by atoms with E-state index in [4.69, 9.17) is 4.74 Å². The summed E-state index contributed by atoms with van der Waals surface area (Å²) in [5.74, 6) is 0.375.